The van der Waals surface area contributed by atoms with E-state index in [2.05, 4.69) is 21.3 Å². The number of hydrogen-bond donors (Lipinski definition) is 5. The fraction of sp³-hybridized carbons (Fsp3) is 0.741. The van der Waals surface area contributed by atoms with Gasteiger partial charge in [-0.05, 0) is 84.4 Å². The highest BCUT2D eigenvalue weighted by atomic mass is 16.6. The molecule has 2 rings (SSSR count). The molecule has 1 aliphatic rings. The van der Waals surface area contributed by atoms with E-state index in [-0.39, 0.29) is 74.3 Å². The second-order valence-corrected chi connectivity index (χ2v) is 21.7. The summed E-state index contributed by atoms with van der Waals surface area (Å²) in [4.78, 5) is 113. The van der Waals surface area contributed by atoms with Gasteiger partial charge in [0.25, 0.3) is 0 Å². The smallest absolute Gasteiger partial charge is 0.328 e. The molecule has 0 aliphatic carbocycles. The Labute approximate surface area is 441 Å². The third-order valence-corrected chi connectivity index (χ3v) is 13.6. The number of likely N-dealkylation sites (N-methyl/N-ethyl adjacent to an activating group) is 2. The second-order valence-electron chi connectivity index (χ2n) is 21.7. The Morgan fingerprint density at radius 1 is 0.811 bits per heavy atom. The SMILES string of the molecule is CC[C@H](C)[C@@H]([C@@H](CC(=O)N1CCC[C@H]1[C@H](OC)[C@@H](C)C(=O)N[C@@H](Cc1ccccc1)C(=O)NCCCOC(=O)C(C)NC(=O)CC(N)C(=O)OC(C)(C)C)OC)N(C)C(=O)C(NC(=O)[C@H](C(C)C)N(C)C)C(C)C. The molecule has 6 amide bonds. The lowest BCUT2D eigenvalue weighted by molar-refractivity contribution is -0.157. The van der Waals surface area contributed by atoms with Crippen LogP contribution in [0.1, 0.15) is 120 Å². The molecule has 74 heavy (non-hydrogen) atoms. The Hall–Kier alpha value is -5.18. The third-order valence-electron chi connectivity index (χ3n) is 13.6. The van der Waals surface area contributed by atoms with Crippen LogP contribution in [0.3, 0.4) is 0 Å². The molecule has 1 heterocycles. The Morgan fingerprint density at radius 3 is 1.99 bits per heavy atom. The molecule has 20 heteroatoms. The molecule has 11 atom stereocenters. The predicted molar refractivity (Wildman–Crippen MR) is 282 cm³/mol. The molecular weight excluding hydrogens is 953 g/mol. The van der Waals surface area contributed by atoms with Gasteiger partial charge in [-0.1, -0.05) is 85.2 Å². The minimum atomic E-state index is -1.21. The van der Waals surface area contributed by atoms with E-state index in [4.69, 9.17) is 24.7 Å². The molecule has 20 nitrogen and oxygen atoms in total. The number of amides is 6. The number of nitrogens with two attached hydrogens (primary N) is 1. The van der Waals surface area contributed by atoms with Gasteiger partial charge in [0.1, 0.15) is 29.8 Å². The van der Waals surface area contributed by atoms with Gasteiger partial charge in [-0.15, -0.1) is 0 Å². The minimum Gasteiger partial charge on any atom is -0.464 e. The number of methoxy groups -OCH3 is 2. The van der Waals surface area contributed by atoms with Gasteiger partial charge in [-0.3, -0.25) is 38.5 Å². The van der Waals surface area contributed by atoms with Crippen LogP contribution in [0.4, 0.5) is 0 Å². The van der Waals surface area contributed by atoms with Crippen molar-refractivity contribution in [2.75, 3.05) is 55.1 Å². The van der Waals surface area contributed by atoms with Gasteiger partial charge in [0, 0.05) is 40.8 Å². The molecule has 0 radical (unpaired) electrons. The Balaban J connectivity index is 2.17. The van der Waals surface area contributed by atoms with Crippen molar-refractivity contribution in [2.45, 2.75) is 181 Å². The first-order chi connectivity index (χ1) is 34.6. The molecule has 1 aliphatic heterocycles. The molecule has 6 N–H and O–H groups in total. The number of benzene rings is 1. The average molecular weight is 1050 g/mol. The van der Waals surface area contributed by atoms with Crippen molar-refractivity contribution < 1.29 is 57.3 Å². The number of likely N-dealkylation sites (tertiary alicyclic amines) is 1. The summed E-state index contributed by atoms with van der Waals surface area (Å²) in [5, 5.41) is 11.3. The largest absolute Gasteiger partial charge is 0.464 e. The molecule has 0 saturated carbocycles. The minimum absolute atomic E-state index is 0.00808. The van der Waals surface area contributed by atoms with Crippen LogP contribution in [0, 0.1) is 23.7 Å². The lowest BCUT2D eigenvalue weighted by atomic mass is 9.89. The topological polar surface area (TPSA) is 257 Å². The average Bonchev–Trinajstić information content (AvgIpc) is 3.81. The molecule has 0 bridgehead atoms. The molecular formula is C54H92N8O12. The Kier molecular flexibility index (Phi) is 27.2. The number of nitrogens with zero attached hydrogens (tertiary/aromatic N) is 3. The van der Waals surface area contributed by atoms with Crippen molar-refractivity contribution in [3.8, 4) is 0 Å². The number of rotatable bonds is 30. The summed E-state index contributed by atoms with van der Waals surface area (Å²) in [7, 11) is 8.40. The van der Waals surface area contributed by atoms with Gasteiger partial charge < -0.3 is 55.7 Å². The summed E-state index contributed by atoms with van der Waals surface area (Å²) in [6.07, 6.45) is 0.443. The first-order valence-corrected chi connectivity index (χ1v) is 26.2. The van der Waals surface area contributed by atoms with Crippen LogP contribution in [-0.4, -0.2) is 177 Å². The Bertz CT molecular complexity index is 1970. The molecule has 3 unspecified atom stereocenters. The fourth-order valence-electron chi connectivity index (χ4n) is 9.50. The van der Waals surface area contributed by atoms with E-state index in [9.17, 15) is 38.4 Å². The summed E-state index contributed by atoms with van der Waals surface area (Å²) in [5.74, 6) is -4.83. The van der Waals surface area contributed by atoms with E-state index in [1.807, 2.05) is 90.9 Å². The van der Waals surface area contributed by atoms with Crippen LogP contribution < -0.4 is 27.0 Å². The Morgan fingerprint density at radius 2 is 1.45 bits per heavy atom. The zero-order valence-electron chi connectivity index (χ0n) is 47.3. The zero-order chi connectivity index (χ0) is 56.2. The maximum absolute atomic E-state index is 14.5. The van der Waals surface area contributed by atoms with Crippen LogP contribution in [0.25, 0.3) is 0 Å². The first kappa shape index (κ1) is 64.9. The van der Waals surface area contributed by atoms with Crippen LogP contribution in [0.5, 0.6) is 0 Å². The summed E-state index contributed by atoms with van der Waals surface area (Å²) in [6, 6.07) is 3.72. The lowest BCUT2D eigenvalue weighted by Crippen LogP contribution is -2.59. The molecule has 0 aromatic heterocycles. The molecule has 420 valence electrons. The van der Waals surface area contributed by atoms with Crippen LogP contribution in [-0.2, 0) is 63.7 Å². The number of carbonyl (C=O) groups excluding carboxylic acids is 8. The third kappa shape index (κ3) is 20.2. The summed E-state index contributed by atoms with van der Waals surface area (Å²) >= 11 is 0. The van der Waals surface area contributed by atoms with Crippen LogP contribution >= 0.6 is 0 Å². The monoisotopic (exact) mass is 1040 g/mol. The van der Waals surface area contributed by atoms with Crippen molar-refractivity contribution in [3.63, 3.8) is 0 Å². The lowest BCUT2D eigenvalue weighted by Gasteiger charge is -2.41. The molecule has 1 aromatic rings. The fourth-order valence-corrected chi connectivity index (χ4v) is 9.50. The van der Waals surface area contributed by atoms with Gasteiger partial charge in [0.05, 0.1) is 55.7 Å². The number of nitrogens with one attached hydrogen (secondary N) is 4. The van der Waals surface area contributed by atoms with Gasteiger partial charge in [0.15, 0.2) is 0 Å². The van der Waals surface area contributed by atoms with Crippen molar-refractivity contribution >= 4 is 47.4 Å². The summed E-state index contributed by atoms with van der Waals surface area (Å²) < 4.78 is 22.6. The van der Waals surface area contributed by atoms with Crippen molar-refractivity contribution in [1.82, 2.24) is 36.0 Å². The van der Waals surface area contributed by atoms with Crippen molar-refractivity contribution in [3.05, 3.63) is 35.9 Å². The number of ether oxygens (including phenoxy) is 4. The van der Waals surface area contributed by atoms with E-state index in [0.29, 0.717) is 25.8 Å². The standard InChI is InChI=1S/C54H92N8O12/c1-17-34(6)46(61(14)51(68)44(32(2)3)59-50(67)45(33(4)5)60(12)13)41(71-15)31-43(64)62-27-21-25-40(62)47(72-16)35(7)48(65)58-39(29-37-23-19-18-20-24-37)49(66)56-26-22-28-73-52(69)36(8)57-42(63)30-38(55)53(70)74-54(9,10)11/h18-20,23-24,32-36,38-41,44-47H,17,21-22,25-31,55H2,1-16H3,(H,56,66)(H,57,63)(H,58,65)(H,59,67)/t34-,35+,36?,38?,39-,40-,41+,44?,45-,46-,47+/m0/s1. The van der Waals surface area contributed by atoms with E-state index in [1.165, 1.54) is 21.1 Å². The second kappa shape index (κ2) is 31.0. The van der Waals surface area contributed by atoms with Crippen molar-refractivity contribution in [2.24, 2.45) is 29.4 Å². The highest BCUT2D eigenvalue weighted by Gasteiger charge is 2.44. The maximum atomic E-state index is 14.5. The molecule has 1 aromatic carbocycles. The summed E-state index contributed by atoms with van der Waals surface area (Å²) in [5.41, 5.74) is 5.84. The quantitative estimate of drug-likeness (QED) is 0.0549. The summed E-state index contributed by atoms with van der Waals surface area (Å²) in [6.45, 7) is 20.4. The molecule has 1 fully saturated rings. The highest BCUT2D eigenvalue weighted by Crippen LogP contribution is 2.30. The maximum Gasteiger partial charge on any atom is 0.328 e. The molecule has 0 spiro atoms. The van der Waals surface area contributed by atoms with Gasteiger partial charge in [-0.25, -0.2) is 4.79 Å². The van der Waals surface area contributed by atoms with Crippen LogP contribution in [0.2, 0.25) is 0 Å². The van der Waals surface area contributed by atoms with E-state index >= 15 is 0 Å². The molecule has 1 saturated heterocycles. The highest BCUT2D eigenvalue weighted by molar-refractivity contribution is 5.91. The van der Waals surface area contributed by atoms with E-state index < -0.39 is 95.7 Å². The number of esters is 2. The van der Waals surface area contributed by atoms with Gasteiger partial charge in [-0.2, -0.15) is 0 Å². The van der Waals surface area contributed by atoms with E-state index in [0.717, 1.165) is 5.56 Å². The zero-order valence-corrected chi connectivity index (χ0v) is 47.3. The van der Waals surface area contributed by atoms with E-state index in [1.54, 1.807) is 44.5 Å². The normalized spacial score (nSPS) is 17.9. The van der Waals surface area contributed by atoms with Crippen molar-refractivity contribution in [1.29, 1.82) is 0 Å². The number of hydrogen-bond acceptors (Lipinski definition) is 14. The predicted octanol–water partition coefficient (Wildman–Crippen LogP) is 2.97. The van der Waals surface area contributed by atoms with Gasteiger partial charge >= 0.3 is 11.9 Å². The van der Waals surface area contributed by atoms with Gasteiger partial charge in [0.2, 0.25) is 35.4 Å². The first-order valence-electron chi connectivity index (χ1n) is 26.2. The van der Waals surface area contributed by atoms with Crippen LogP contribution in [0.15, 0.2) is 30.3 Å². The number of carbonyl (C=O) groups is 8.